The second-order valence-corrected chi connectivity index (χ2v) is 4.93. The molecule has 0 amide bonds. The minimum atomic E-state index is 1.27. The van der Waals surface area contributed by atoms with Crippen LogP contribution in [0.1, 0.15) is 29.2 Å². The van der Waals surface area contributed by atoms with Crippen LogP contribution in [0, 0.1) is 13.8 Å². The van der Waals surface area contributed by atoms with Gasteiger partial charge in [-0.05, 0) is 43.0 Å². The maximum absolute atomic E-state index is 2.22. The summed E-state index contributed by atoms with van der Waals surface area (Å²) in [6.45, 7) is 6.42. The molecule has 0 aliphatic carbocycles. The quantitative estimate of drug-likeness (QED) is 0.636. The fraction of sp³-hybridized carbons (Fsp3) is 0.158. The third-order valence-corrected chi connectivity index (χ3v) is 3.28. The highest BCUT2D eigenvalue weighted by atomic mass is 14.0. The summed E-state index contributed by atoms with van der Waals surface area (Å²) in [4.78, 5) is 0. The van der Waals surface area contributed by atoms with E-state index in [-0.39, 0.29) is 0 Å². The second-order valence-electron chi connectivity index (χ2n) is 4.93. The van der Waals surface area contributed by atoms with Crippen LogP contribution in [0.5, 0.6) is 0 Å². The van der Waals surface area contributed by atoms with Crippen molar-refractivity contribution in [1.29, 1.82) is 0 Å². The predicted molar refractivity (Wildman–Crippen MR) is 85.0 cm³/mol. The van der Waals surface area contributed by atoms with Crippen molar-refractivity contribution in [3.63, 3.8) is 0 Å². The van der Waals surface area contributed by atoms with Crippen molar-refractivity contribution in [2.24, 2.45) is 0 Å². The van der Waals surface area contributed by atoms with Crippen molar-refractivity contribution in [3.05, 3.63) is 82.9 Å². The molecular formula is C19H20. The van der Waals surface area contributed by atoms with Crippen LogP contribution in [0.25, 0.3) is 11.6 Å². The molecule has 0 aliphatic rings. The fourth-order valence-electron chi connectivity index (χ4n) is 2.11. The van der Waals surface area contributed by atoms with E-state index >= 15 is 0 Å². The molecule has 0 fully saturated rings. The third-order valence-electron chi connectivity index (χ3n) is 3.28. The van der Waals surface area contributed by atoms with Crippen LogP contribution < -0.4 is 0 Å². The van der Waals surface area contributed by atoms with E-state index in [2.05, 4.69) is 81.5 Å². The van der Waals surface area contributed by atoms with Crippen LogP contribution in [0.3, 0.4) is 0 Å². The molecule has 0 nitrogen and oxygen atoms in total. The Morgan fingerprint density at radius 2 is 1.68 bits per heavy atom. The van der Waals surface area contributed by atoms with Crippen LogP contribution in [-0.4, -0.2) is 0 Å². The van der Waals surface area contributed by atoms with E-state index in [0.29, 0.717) is 0 Å². The molecular weight excluding hydrogens is 228 g/mol. The summed E-state index contributed by atoms with van der Waals surface area (Å²) >= 11 is 0. The molecule has 0 unspecified atom stereocenters. The molecule has 2 aromatic rings. The van der Waals surface area contributed by atoms with Gasteiger partial charge in [-0.1, -0.05) is 72.3 Å². The van der Waals surface area contributed by atoms with Crippen LogP contribution in [0.2, 0.25) is 0 Å². The average molecular weight is 248 g/mol. The van der Waals surface area contributed by atoms with Gasteiger partial charge < -0.3 is 0 Å². The van der Waals surface area contributed by atoms with Gasteiger partial charge in [-0.25, -0.2) is 0 Å². The highest BCUT2D eigenvalue weighted by Crippen LogP contribution is 2.15. The van der Waals surface area contributed by atoms with Gasteiger partial charge in [0, 0.05) is 0 Å². The standard InChI is InChI=1S/C19H20/c1-15-12-13-19(17(3)14-15)11-7-8-16(2)18-9-5-4-6-10-18/h4-14H,1-3H3. The molecule has 0 saturated heterocycles. The van der Waals surface area contributed by atoms with Crippen LogP contribution >= 0.6 is 0 Å². The number of aryl methyl sites for hydroxylation is 2. The lowest BCUT2D eigenvalue weighted by Crippen LogP contribution is -1.81. The second kappa shape index (κ2) is 6.19. The molecule has 19 heavy (non-hydrogen) atoms. The lowest BCUT2D eigenvalue weighted by molar-refractivity contribution is 1.37. The molecule has 0 heterocycles. The first kappa shape index (κ1) is 13.4. The van der Waals surface area contributed by atoms with Gasteiger partial charge in [0.15, 0.2) is 0 Å². The topological polar surface area (TPSA) is 0 Å². The average Bonchev–Trinajstić information content (AvgIpc) is 2.42. The van der Waals surface area contributed by atoms with E-state index in [1.807, 2.05) is 6.07 Å². The summed E-state index contributed by atoms with van der Waals surface area (Å²) in [7, 11) is 0. The lowest BCUT2D eigenvalue weighted by atomic mass is 10.0. The first-order valence-electron chi connectivity index (χ1n) is 6.64. The lowest BCUT2D eigenvalue weighted by Gasteiger charge is -2.01. The summed E-state index contributed by atoms with van der Waals surface area (Å²) in [6.07, 6.45) is 6.45. The molecule has 96 valence electrons. The Balaban J connectivity index is 2.15. The van der Waals surface area contributed by atoms with Crippen LogP contribution in [-0.2, 0) is 0 Å². The Bertz CT molecular complexity index is 601. The Hall–Kier alpha value is -2.08. The minimum Gasteiger partial charge on any atom is -0.0622 e. The zero-order valence-electron chi connectivity index (χ0n) is 11.9. The highest BCUT2D eigenvalue weighted by molar-refractivity contribution is 5.67. The SMILES string of the molecule is CC(=CC=Cc1ccc(C)cc1C)c1ccccc1. The molecule has 0 radical (unpaired) electrons. The van der Waals surface area contributed by atoms with Crippen molar-refractivity contribution >= 4 is 11.6 Å². The molecule has 2 aromatic carbocycles. The first-order chi connectivity index (χ1) is 9.16. The van der Waals surface area contributed by atoms with Gasteiger partial charge in [0.05, 0.1) is 0 Å². The zero-order chi connectivity index (χ0) is 13.7. The Morgan fingerprint density at radius 1 is 0.947 bits per heavy atom. The van der Waals surface area contributed by atoms with Gasteiger partial charge in [0.1, 0.15) is 0 Å². The fourth-order valence-corrected chi connectivity index (χ4v) is 2.11. The Labute approximate surface area is 116 Å². The van der Waals surface area contributed by atoms with Gasteiger partial charge in [-0.3, -0.25) is 0 Å². The van der Waals surface area contributed by atoms with Crippen LogP contribution in [0.15, 0.2) is 60.7 Å². The van der Waals surface area contributed by atoms with E-state index < -0.39 is 0 Å². The molecule has 0 saturated carbocycles. The predicted octanol–water partition coefficient (Wildman–Crippen LogP) is 5.42. The van der Waals surface area contributed by atoms with Gasteiger partial charge in [-0.2, -0.15) is 0 Å². The van der Waals surface area contributed by atoms with Crippen molar-refractivity contribution in [2.45, 2.75) is 20.8 Å². The molecule has 0 N–H and O–H groups in total. The smallest absolute Gasteiger partial charge is 0.0227 e. The van der Waals surface area contributed by atoms with Crippen molar-refractivity contribution in [2.75, 3.05) is 0 Å². The molecule has 0 atom stereocenters. The van der Waals surface area contributed by atoms with Gasteiger partial charge in [0.25, 0.3) is 0 Å². The number of hydrogen-bond donors (Lipinski definition) is 0. The number of benzene rings is 2. The van der Waals surface area contributed by atoms with E-state index in [9.17, 15) is 0 Å². The molecule has 2 rings (SSSR count). The minimum absolute atomic E-state index is 1.27. The summed E-state index contributed by atoms with van der Waals surface area (Å²) < 4.78 is 0. The third kappa shape index (κ3) is 3.69. The van der Waals surface area contributed by atoms with E-state index in [1.54, 1.807) is 0 Å². The van der Waals surface area contributed by atoms with Crippen molar-refractivity contribution in [3.8, 4) is 0 Å². The zero-order valence-corrected chi connectivity index (χ0v) is 11.9. The number of hydrogen-bond acceptors (Lipinski definition) is 0. The summed E-state index contributed by atoms with van der Waals surface area (Å²) in [5.41, 5.74) is 6.46. The maximum atomic E-state index is 2.22. The first-order valence-corrected chi connectivity index (χ1v) is 6.64. The van der Waals surface area contributed by atoms with Crippen molar-refractivity contribution in [1.82, 2.24) is 0 Å². The largest absolute Gasteiger partial charge is 0.0622 e. The normalized spacial score (nSPS) is 12.1. The molecule has 0 spiro atoms. The van der Waals surface area contributed by atoms with Gasteiger partial charge >= 0.3 is 0 Å². The summed E-state index contributed by atoms with van der Waals surface area (Å²) in [5.74, 6) is 0. The Morgan fingerprint density at radius 3 is 2.37 bits per heavy atom. The van der Waals surface area contributed by atoms with E-state index in [0.717, 1.165) is 0 Å². The van der Waals surface area contributed by atoms with Gasteiger partial charge in [-0.15, -0.1) is 0 Å². The summed E-state index contributed by atoms with van der Waals surface area (Å²) in [5, 5.41) is 0. The number of rotatable bonds is 3. The van der Waals surface area contributed by atoms with E-state index in [1.165, 1.54) is 27.8 Å². The van der Waals surface area contributed by atoms with Gasteiger partial charge in [0.2, 0.25) is 0 Å². The molecule has 0 heteroatoms. The Kier molecular flexibility index (Phi) is 4.35. The molecule has 0 aromatic heterocycles. The van der Waals surface area contributed by atoms with E-state index in [4.69, 9.17) is 0 Å². The molecule has 0 aliphatic heterocycles. The van der Waals surface area contributed by atoms with Crippen molar-refractivity contribution < 1.29 is 0 Å². The number of allylic oxidation sites excluding steroid dienone is 3. The highest BCUT2D eigenvalue weighted by Gasteiger charge is 1.94. The monoisotopic (exact) mass is 248 g/mol. The van der Waals surface area contributed by atoms with Crippen LogP contribution in [0.4, 0.5) is 0 Å². The maximum Gasteiger partial charge on any atom is -0.0227 e. The molecule has 0 bridgehead atoms. The summed E-state index contributed by atoms with van der Waals surface area (Å²) in [6, 6.07) is 17.0.